The number of benzene rings is 2. The Bertz CT molecular complexity index is 1110. The van der Waals surface area contributed by atoms with Crippen molar-refractivity contribution in [3.8, 4) is 11.5 Å². The third-order valence-electron chi connectivity index (χ3n) is 4.66. The van der Waals surface area contributed by atoms with Gasteiger partial charge in [0.05, 0.1) is 21.7 Å². The number of ether oxygens (including phenoxy) is 2. The fourth-order valence-corrected chi connectivity index (χ4v) is 5.70. The molecule has 2 aromatic rings. The lowest BCUT2D eigenvalue weighted by atomic mass is 10.0. The number of hydrogen-bond donors (Lipinski definition) is 0. The number of fused-ring (bicyclic) bond motifs is 2. The maximum absolute atomic E-state index is 13.1. The average molecular weight is 409 g/mol. The standard InChI is InChI=1S/C18H19NO6S2/c1-26(20,21)19-8-2-3-13-11-14(4-6-16(13)19)27(22,23)15-5-7-17-18(12-15)25-10-9-24-17/h4-7,11-12H,2-3,8-10H2,1H3. The Morgan fingerprint density at radius 2 is 1.56 bits per heavy atom. The number of sulfonamides is 1. The summed E-state index contributed by atoms with van der Waals surface area (Å²) in [6.45, 7) is 1.21. The normalized spacial score (nSPS) is 16.7. The van der Waals surface area contributed by atoms with E-state index in [-0.39, 0.29) is 9.79 Å². The lowest BCUT2D eigenvalue weighted by Gasteiger charge is -2.29. The van der Waals surface area contributed by atoms with Crippen molar-refractivity contribution in [1.29, 1.82) is 0 Å². The molecule has 0 N–H and O–H groups in total. The van der Waals surface area contributed by atoms with Crippen LogP contribution in [-0.4, -0.2) is 42.8 Å². The van der Waals surface area contributed by atoms with Crippen LogP contribution in [0.5, 0.6) is 11.5 Å². The number of hydrogen-bond acceptors (Lipinski definition) is 6. The van der Waals surface area contributed by atoms with E-state index in [9.17, 15) is 16.8 Å². The minimum atomic E-state index is -3.76. The number of aryl methyl sites for hydroxylation is 1. The zero-order chi connectivity index (χ0) is 19.2. The Morgan fingerprint density at radius 1 is 0.889 bits per heavy atom. The minimum Gasteiger partial charge on any atom is -0.486 e. The van der Waals surface area contributed by atoms with Crippen molar-refractivity contribution < 1.29 is 26.3 Å². The zero-order valence-corrected chi connectivity index (χ0v) is 16.3. The van der Waals surface area contributed by atoms with Crippen molar-refractivity contribution in [3.63, 3.8) is 0 Å². The van der Waals surface area contributed by atoms with E-state index in [1.807, 2.05) is 0 Å². The largest absolute Gasteiger partial charge is 0.486 e. The molecule has 0 fully saturated rings. The SMILES string of the molecule is CS(=O)(=O)N1CCCc2cc(S(=O)(=O)c3ccc4c(c3)OCCO4)ccc21. The minimum absolute atomic E-state index is 0.113. The Morgan fingerprint density at radius 3 is 2.30 bits per heavy atom. The van der Waals surface area contributed by atoms with E-state index in [0.29, 0.717) is 55.4 Å². The van der Waals surface area contributed by atoms with Gasteiger partial charge in [-0.25, -0.2) is 16.8 Å². The summed E-state index contributed by atoms with van der Waals surface area (Å²) < 4.78 is 62.3. The maximum atomic E-state index is 13.1. The van der Waals surface area contributed by atoms with E-state index < -0.39 is 19.9 Å². The molecule has 27 heavy (non-hydrogen) atoms. The second-order valence-electron chi connectivity index (χ2n) is 6.54. The van der Waals surface area contributed by atoms with Crippen LogP contribution in [0.2, 0.25) is 0 Å². The summed E-state index contributed by atoms with van der Waals surface area (Å²) in [6.07, 6.45) is 2.43. The van der Waals surface area contributed by atoms with Crippen LogP contribution < -0.4 is 13.8 Å². The number of anilines is 1. The summed E-state index contributed by atoms with van der Waals surface area (Å²) >= 11 is 0. The van der Waals surface area contributed by atoms with E-state index >= 15 is 0 Å². The third-order valence-corrected chi connectivity index (χ3v) is 7.59. The van der Waals surface area contributed by atoms with Crippen molar-refractivity contribution in [1.82, 2.24) is 0 Å². The van der Waals surface area contributed by atoms with Gasteiger partial charge in [-0.1, -0.05) is 0 Å². The van der Waals surface area contributed by atoms with Gasteiger partial charge in [0.25, 0.3) is 0 Å². The molecule has 0 aromatic heterocycles. The molecule has 0 atom stereocenters. The van der Waals surface area contributed by atoms with E-state index in [2.05, 4.69) is 0 Å². The van der Waals surface area contributed by atoms with Gasteiger partial charge in [0, 0.05) is 12.6 Å². The molecule has 0 unspecified atom stereocenters. The molecule has 0 spiro atoms. The van der Waals surface area contributed by atoms with Crippen LogP contribution >= 0.6 is 0 Å². The van der Waals surface area contributed by atoms with Crippen LogP contribution in [0.25, 0.3) is 0 Å². The van der Waals surface area contributed by atoms with Crippen molar-refractivity contribution in [2.45, 2.75) is 22.6 Å². The molecule has 7 nitrogen and oxygen atoms in total. The Hall–Kier alpha value is -2.26. The molecule has 0 saturated heterocycles. The first-order valence-corrected chi connectivity index (χ1v) is 11.9. The van der Waals surface area contributed by atoms with Gasteiger partial charge < -0.3 is 9.47 Å². The first kappa shape index (κ1) is 18.1. The molecule has 0 aliphatic carbocycles. The number of rotatable bonds is 3. The predicted octanol–water partition coefficient (Wildman–Crippen LogP) is 2.00. The number of nitrogens with zero attached hydrogens (tertiary/aromatic N) is 1. The van der Waals surface area contributed by atoms with Crippen LogP contribution in [0.4, 0.5) is 5.69 Å². The smallest absolute Gasteiger partial charge is 0.232 e. The highest BCUT2D eigenvalue weighted by Gasteiger charge is 2.27. The van der Waals surface area contributed by atoms with Crippen LogP contribution in [0.15, 0.2) is 46.2 Å². The van der Waals surface area contributed by atoms with E-state index in [1.54, 1.807) is 18.2 Å². The number of sulfone groups is 1. The van der Waals surface area contributed by atoms with Gasteiger partial charge in [-0.15, -0.1) is 0 Å². The third kappa shape index (κ3) is 3.25. The molecule has 2 heterocycles. The van der Waals surface area contributed by atoms with Gasteiger partial charge >= 0.3 is 0 Å². The Kier molecular flexibility index (Phi) is 4.31. The van der Waals surface area contributed by atoms with Crippen molar-refractivity contribution in [2.75, 3.05) is 30.3 Å². The fraction of sp³-hybridized carbons (Fsp3) is 0.333. The molecule has 2 aliphatic heterocycles. The molecule has 0 radical (unpaired) electrons. The molecule has 144 valence electrons. The molecule has 9 heteroatoms. The van der Waals surface area contributed by atoms with E-state index in [4.69, 9.17) is 9.47 Å². The van der Waals surface area contributed by atoms with E-state index in [0.717, 1.165) is 6.26 Å². The lowest BCUT2D eigenvalue weighted by molar-refractivity contribution is 0.171. The zero-order valence-electron chi connectivity index (χ0n) is 14.7. The summed E-state index contributed by atoms with van der Waals surface area (Å²) in [5.74, 6) is 0.929. The molecule has 2 aliphatic rings. The van der Waals surface area contributed by atoms with Gasteiger partial charge in [-0.05, 0) is 48.7 Å². The molecular weight excluding hydrogens is 390 g/mol. The molecule has 2 aromatic carbocycles. The van der Waals surface area contributed by atoms with Crippen molar-refractivity contribution in [3.05, 3.63) is 42.0 Å². The molecule has 4 rings (SSSR count). The summed E-state index contributed by atoms with van der Waals surface area (Å²) in [7, 11) is -7.16. The Labute approximate surface area is 158 Å². The first-order valence-electron chi connectivity index (χ1n) is 8.52. The van der Waals surface area contributed by atoms with Crippen molar-refractivity contribution >= 4 is 25.5 Å². The Balaban J connectivity index is 1.75. The van der Waals surface area contributed by atoms with E-state index in [1.165, 1.54) is 22.5 Å². The summed E-state index contributed by atoms with van der Waals surface area (Å²) in [4.78, 5) is 0.246. The van der Waals surface area contributed by atoms with Gasteiger partial charge in [-0.3, -0.25) is 4.31 Å². The van der Waals surface area contributed by atoms with Gasteiger partial charge in [-0.2, -0.15) is 0 Å². The highest BCUT2D eigenvalue weighted by molar-refractivity contribution is 7.92. The second kappa shape index (κ2) is 6.42. The average Bonchev–Trinajstić information content (AvgIpc) is 2.66. The molecule has 0 amide bonds. The summed E-state index contributed by atoms with van der Waals surface area (Å²) in [6, 6.07) is 9.14. The highest BCUT2D eigenvalue weighted by Crippen LogP contribution is 2.36. The summed E-state index contributed by atoms with van der Waals surface area (Å²) in [5.41, 5.74) is 1.26. The van der Waals surface area contributed by atoms with Crippen LogP contribution in [-0.2, 0) is 26.3 Å². The predicted molar refractivity (Wildman–Crippen MR) is 99.8 cm³/mol. The van der Waals surface area contributed by atoms with Gasteiger partial charge in [0.2, 0.25) is 19.9 Å². The quantitative estimate of drug-likeness (QED) is 0.770. The van der Waals surface area contributed by atoms with Crippen LogP contribution in [0.3, 0.4) is 0 Å². The lowest BCUT2D eigenvalue weighted by Crippen LogP contribution is -2.34. The first-order chi connectivity index (χ1) is 12.8. The molecular formula is C18H19NO6S2. The topological polar surface area (TPSA) is 90.0 Å². The van der Waals surface area contributed by atoms with Crippen molar-refractivity contribution in [2.24, 2.45) is 0 Å². The van der Waals surface area contributed by atoms with Gasteiger partial charge in [0.1, 0.15) is 13.2 Å². The fourth-order valence-electron chi connectivity index (χ4n) is 3.38. The second-order valence-corrected chi connectivity index (χ2v) is 10.4. The molecule has 0 bridgehead atoms. The highest BCUT2D eigenvalue weighted by atomic mass is 32.2. The maximum Gasteiger partial charge on any atom is 0.232 e. The van der Waals surface area contributed by atoms with Crippen LogP contribution in [0.1, 0.15) is 12.0 Å². The molecule has 0 saturated carbocycles. The van der Waals surface area contributed by atoms with Crippen LogP contribution in [0, 0.1) is 0 Å². The monoisotopic (exact) mass is 409 g/mol. The summed E-state index contributed by atoms with van der Waals surface area (Å²) in [5, 5.41) is 0. The van der Waals surface area contributed by atoms with Gasteiger partial charge in [0.15, 0.2) is 11.5 Å².